The Morgan fingerprint density at radius 3 is 2.68 bits per heavy atom. The summed E-state index contributed by atoms with van der Waals surface area (Å²) in [6, 6.07) is 9.64. The van der Waals surface area contributed by atoms with Crippen molar-refractivity contribution in [3.05, 3.63) is 35.9 Å². The Bertz CT molecular complexity index is 461. The predicted octanol–water partition coefficient (Wildman–Crippen LogP) is 0.0758. The number of carbonyl (C=O) groups is 2. The summed E-state index contributed by atoms with van der Waals surface area (Å²) >= 11 is 0. The minimum absolute atomic E-state index is 0.127. The fourth-order valence-corrected chi connectivity index (χ4v) is 2.32. The van der Waals surface area contributed by atoms with Crippen LogP contribution < -0.4 is 11.1 Å². The highest BCUT2D eigenvalue weighted by atomic mass is 16.2. The molecule has 0 aliphatic carbocycles. The highest BCUT2D eigenvalue weighted by Crippen LogP contribution is 2.18. The molecular formula is C14H19N3O2. The van der Waals surface area contributed by atoms with Gasteiger partial charge in [0.2, 0.25) is 11.8 Å². The normalized spacial score (nSPS) is 22.1. The monoisotopic (exact) mass is 261 g/mol. The van der Waals surface area contributed by atoms with Crippen LogP contribution in [0, 0.1) is 0 Å². The van der Waals surface area contributed by atoms with E-state index in [2.05, 4.69) is 5.32 Å². The molecule has 3 N–H and O–H groups in total. The van der Waals surface area contributed by atoms with Crippen LogP contribution in [0.3, 0.4) is 0 Å². The van der Waals surface area contributed by atoms with Gasteiger partial charge in [0.25, 0.3) is 0 Å². The van der Waals surface area contributed by atoms with Crippen molar-refractivity contribution in [3.63, 3.8) is 0 Å². The van der Waals surface area contributed by atoms with E-state index < -0.39 is 0 Å². The summed E-state index contributed by atoms with van der Waals surface area (Å²) in [7, 11) is 0. The van der Waals surface area contributed by atoms with Crippen LogP contribution in [0.4, 0.5) is 0 Å². The smallest absolute Gasteiger partial charge is 0.243 e. The molecule has 2 atom stereocenters. The second kappa shape index (κ2) is 5.95. The molecule has 0 saturated carbocycles. The van der Waals surface area contributed by atoms with Crippen LogP contribution in [0.2, 0.25) is 0 Å². The molecule has 1 saturated heterocycles. The minimum Gasteiger partial charge on any atom is -0.330 e. The lowest BCUT2D eigenvalue weighted by atomic mass is 9.97. The first-order chi connectivity index (χ1) is 9.11. The Kier molecular flexibility index (Phi) is 4.29. The lowest BCUT2D eigenvalue weighted by Gasteiger charge is -2.34. The van der Waals surface area contributed by atoms with Crippen molar-refractivity contribution in [2.45, 2.75) is 18.9 Å². The third-order valence-corrected chi connectivity index (χ3v) is 3.55. The molecule has 2 amide bonds. The molecule has 5 heteroatoms. The summed E-state index contributed by atoms with van der Waals surface area (Å²) < 4.78 is 0. The molecule has 0 bridgehead atoms. The Morgan fingerprint density at radius 1 is 1.37 bits per heavy atom. The van der Waals surface area contributed by atoms with Crippen molar-refractivity contribution in [2.24, 2.45) is 5.73 Å². The Hall–Kier alpha value is -1.72. The van der Waals surface area contributed by atoms with Crippen LogP contribution in [0.15, 0.2) is 30.3 Å². The van der Waals surface area contributed by atoms with E-state index in [0.717, 1.165) is 5.56 Å². The molecule has 1 fully saturated rings. The molecule has 1 aromatic carbocycles. The van der Waals surface area contributed by atoms with Gasteiger partial charge >= 0.3 is 0 Å². The van der Waals surface area contributed by atoms with Gasteiger partial charge in [0.15, 0.2) is 0 Å². The van der Waals surface area contributed by atoms with Crippen LogP contribution in [0.25, 0.3) is 0 Å². The van der Waals surface area contributed by atoms with Crippen LogP contribution >= 0.6 is 0 Å². The van der Waals surface area contributed by atoms with E-state index in [1.54, 1.807) is 6.92 Å². The van der Waals surface area contributed by atoms with Crippen LogP contribution in [0.1, 0.15) is 18.4 Å². The molecule has 1 heterocycles. The molecule has 2 unspecified atom stereocenters. The molecule has 0 aromatic heterocycles. The van der Waals surface area contributed by atoms with Gasteiger partial charge in [-0.25, -0.2) is 0 Å². The number of nitrogens with zero attached hydrogens (tertiary/aromatic N) is 1. The first-order valence-electron chi connectivity index (χ1n) is 6.44. The molecule has 102 valence electrons. The molecule has 5 nitrogen and oxygen atoms in total. The number of rotatable bonds is 4. The van der Waals surface area contributed by atoms with Gasteiger partial charge in [-0.3, -0.25) is 19.8 Å². The van der Waals surface area contributed by atoms with Gasteiger partial charge in [-0.15, -0.1) is 0 Å². The summed E-state index contributed by atoms with van der Waals surface area (Å²) in [4.78, 5) is 24.9. The van der Waals surface area contributed by atoms with Gasteiger partial charge in [-0.05, 0) is 12.5 Å². The van der Waals surface area contributed by atoms with E-state index >= 15 is 0 Å². The number of carbonyl (C=O) groups excluding carboxylic acids is 2. The van der Waals surface area contributed by atoms with Gasteiger partial charge in [0.1, 0.15) is 0 Å². The fraction of sp³-hybridized carbons (Fsp3) is 0.429. The molecule has 1 aromatic rings. The molecule has 0 radical (unpaired) electrons. The number of imide groups is 1. The molecule has 1 aliphatic heterocycles. The van der Waals surface area contributed by atoms with Crippen molar-refractivity contribution >= 4 is 11.8 Å². The number of amides is 2. The van der Waals surface area contributed by atoms with Gasteiger partial charge in [-0.2, -0.15) is 0 Å². The van der Waals surface area contributed by atoms with Crippen LogP contribution in [0.5, 0.6) is 0 Å². The number of hydrogen-bond donors (Lipinski definition) is 2. The maximum Gasteiger partial charge on any atom is 0.243 e. The number of nitrogens with two attached hydrogens (primary N) is 1. The third-order valence-electron chi connectivity index (χ3n) is 3.55. The van der Waals surface area contributed by atoms with E-state index in [-0.39, 0.29) is 30.3 Å². The topological polar surface area (TPSA) is 75.4 Å². The van der Waals surface area contributed by atoms with Crippen molar-refractivity contribution in [2.75, 3.05) is 19.6 Å². The summed E-state index contributed by atoms with van der Waals surface area (Å²) in [5.74, 6) is -0.352. The maximum absolute atomic E-state index is 11.6. The molecule has 19 heavy (non-hydrogen) atoms. The summed E-state index contributed by atoms with van der Waals surface area (Å²) in [6.07, 6.45) is 0. The Balaban J connectivity index is 2.09. The van der Waals surface area contributed by atoms with Crippen LogP contribution in [-0.4, -0.2) is 42.4 Å². The minimum atomic E-state index is -0.296. The van der Waals surface area contributed by atoms with E-state index in [1.165, 1.54) is 0 Å². The summed E-state index contributed by atoms with van der Waals surface area (Å²) in [6.45, 7) is 3.15. The zero-order valence-electron chi connectivity index (χ0n) is 11.0. The van der Waals surface area contributed by atoms with Crippen molar-refractivity contribution < 1.29 is 9.59 Å². The molecule has 1 aliphatic rings. The highest BCUT2D eigenvalue weighted by Gasteiger charge is 2.31. The molecule has 2 rings (SSSR count). The average Bonchev–Trinajstić information content (AvgIpc) is 2.42. The van der Waals surface area contributed by atoms with Gasteiger partial charge in [-0.1, -0.05) is 30.3 Å². The number of nitrogens with one attached hydrogen (secondary N) is 1. The largest absolute Gasteiger partial charge is 0.330 e. The van der Waals surface area contributed by atoms with E-state index in [9.17, 15) is 9.59 Å². The summed E-state index contributed by atoms with van der Waals surface area (Å²) in [5, 5.41) is 2.34. The van der Waals surface area contributed by atoms with Crippen molar-refractivity contribution in [1.29, 1.82) is 0 Å². The maximum atomic E-state index is 11.6. The number of piperazine rings is 1. The van der Waals surface area contributed by atoms with Gasteiger partial charge in [0, 0.05) is 19.0 Å². The predicted molar refractivity (Wildman–Crippen MR) is 72.4 cm³/mol. The quantitative estimate of drug-likeness (QED) is 0.752. The first-order valence-corrected chi connectivity index (χ1v) is 6.44. The van der Waals surface area contributed by atoms with Crippen molar-refractivity contribution in [1.82, 2.24) is 10.2 Å². The molecular weight excluding hydrogens is 242 g/mol. The fourth-order valence-electron chi connectivity index (χ4n) is 2.32. The standard InChI is InChI=1S/C14H19N3O2/c1-10-14(19)16-13(18)9-17(10)8-12(7-15)11-5-3-2-4-6-11/h2-6,10,12H,7-9,15H2,1H3,(H,16,18,19). The zero-order chi connectivity index (χ0) is 13.8. The second-order valence-corrected chi connectivity index (χ2v) is 4.86. The zero-order valence-corrected chi connectivity index (χ0v) is 11.0. The lowest BCUT2D eigenvalue weighted by Crippen LogP contribution is -2.57. The second-order valence-electron chi connectivity index (χ2n) is 4.86. The average molecular weight is 261 g/mol. The van der Waals surface area contributed by atoms with E-state index in [4.69, 9.17) is 5.73 Å². The Morgan fingerprint density at radius 2 is 2.05 bits per heavy atom. The number of benzene rings is 1. The lowest BCUT2D eigenvalue weighted by molar-refractivity contribution is -0.139. The highest BCUT2D eigenvalue weighted by molar-refractivity contribution is 6.00. The first kappa shape index (κ1) is 13.7. The molecule has 0 spiro atoms. The van der Waals surface area contributed by atoms with E-state index in [1.807, 2.05) is 35.2 Å². The Labute approximate surface area is 112 Å². The van der Waals surface area contributed by atoms with Crippen LogP contribution in [-0.2, 0) is 9.59 Å². The van der Waals surface area contributed by atoms with Gasteiger partial charge < -0.3 is 5.73 Å². The SMILES string of the molecule is CC1C(=O)NC(=O)CN1CC(CN)c1ccccc1. The third kappa shape index (κ3) is 3.19. The summed E-state index contributed by atoms with van der Waals surface area (Å²) in [5.41, 5.74) is 6.96. The van der Waals surface area contributed by atoms with E-state index in [0.29, 0.717) is 13.1 Å². The number of hydrogen-bond acceptors (Lipinski definition) is 4. The van der Waals surface area contributed by atoms with Crippen molar-refractivity contribution in [3.8, 4) is 0 Å². The van der Waals surface area contributed by atoms with Gasteiger partial charge in [0.05, 0.1) is 12.6 Å².